The first kappa shape index (κ1) is 20.6. The average molecular weight is 412 g/mol. The van der Waals surface area contributed by atoms with Crippen molar-refractivity contribution < 1.29 is 18.0 Å². The molecule has 0 atom stereocenters. The summed E-state index contributed by atoms with van der Waals surface area (Å²) in [6, 6.07) is 5.49. The maximum absolute atomic E-state index is 12.9. The van der Waals surface area contributed by atoms with Crippen LogP contribution in [0.15, 0.2) is 30.5 Å². The van der Waals surface area contributed by atoms with E-state index in [9.17, 15) is 18.0 Å². The maximum atomic E-state index is 12.9. The molecule has 0 bridgehead atoms. The van der Waals surface area contributed by atoms with Gasteiger partial charge in [-0.25, -0.2) is 4.98 Å². The number of carbonyl (C=O) groups excluding carboxylic acids is 1. The number of carbonyl (C=O) groups is 1. The van der Waals surface area contributed by atoms with Gasteiger partial charge < -0.3 is 10.2 Å². The third kappa shape index (κ3) is 5.45. The second kappa shape index (κ2) is 8.91. The number of halogens is 3. The zero-order valence-electron chi connectivity index (χ0n) is 15.6. The van der Waals surface area contributed by atoms with Gasteiger partial charge in [0.25, 0.3) is 5.91 Å². The molecule has 1 fully saturated rings. The second-order valence-electron chi connectivity index (χ2n) is 6.73. The lowest BCUT2D eigenvalue weighted by atomic mass is 10.1. The summed E-state index contributed by atoms with van der Waals surface area (Å²) in [4.78, 5) is 20.9. The van der Waals surface area contributed by atoms with Crippen molar-refractivity contribution >= 4 is 22.9 Å². The summed E-state index contributed by atoms with van der Waals surface area (Å²) in [6.45, 7) is 6.25. The quantitative estimate of drug-likeness (QED) is 0.739. The number of benzene rings is 1. The molecule has 152 valence electrons. The summed E-state index contributed by atoms with van der Waals surface area (Å²) in [5.41, 5.74) is 0.000828. The van der Waals surface area contributed by atoms with Gasteiger partial charge >= 0.3 is 6.18 Å². The minimum atomic E-state index is -4.32. The van der Waals surface area contributed by atoms with Crippen LogP contribution in [0.2, 0.25) is 0 Å². The molecule has 5 nitrogen and oxygen atoms in total. The molecule has 0 aliphatic carbocycles. The van der Waals surface area contributed by atoms with Crippen molar-refractivity contribution in [2.24, 2.45) is 0 Å². The highest BCUT2D eigenvalue weighted by Gasteiger charge is 2.31. The van der Waals surface area contributed by atoms with Crippen molar-refractivity contribution in [3.05, 3.63) is 45.9 Å². The van der Waals surface area contributed by atoms with Crippen molar-refractivity contribution in [3.8, 4) is 0 Å². The summed E-state index contributed by atoms with van der Waals surface area (Å²) in [5.74, 6) is -0.0973. The molecule has 3 rings (SSSR count). The third-order valence-corrected chi connectivity index (χ3v) is 5.60. The number of hydrogen-bond donors (Lipinski definition) is 1. The first-order valence-electron chi connectivity index (χ1n) is 9.18. The van der Waals surface area contributed by atoms with E-state index >= 15 is 0 Å². The van der Waals surface area contributed by atoms with Gasteiger partial charge in [0.2, 0.25) is 0 Å². The molecule has 1 aromatic carbocycles. The van der Waals surface area contributed by atoms with E-state index in [4.69, 9.17) is 0 Å². The molecule has 0 radical (unpaired) electrons. The van der Waals surface area contributed by atoms with Crippen molar-refractivity contribution in [2.75, 3.05) is 44.2 Å². The van der Waals surface area contributed by atoms with Crippen LogP contribution in [0.4, 0.5) is 18.9 Å². The number of nitrogens with zero attached hydrogens (tertiary/aromatic N) is 3. The smallest absolute Gasteiger partial charge is 0.369 e. The molecule has 1 aliphatic rings. The normalized spacial score (nSPS) is 15.6. The lowest BCUT2D eigenvalue weighted by molar-refractivity contribution is -0.137. The largest absolute Gasteiger partial charge is 0.416 e. The van der Waals surface area contributed by atoms with Crippen LogP contribution < -0.4 is 10.2 Å². The lowest BCUT2D eigenvalue weighted by Gasteiger charge is -2.36. The molecule has 0 unspecified atom stereocenters. The van der Waals surface area contributed by atoms with Gasteiger partial charge in [-0.05, 0) is 38.1 Å². The van der Waals surface area contributed by atoms with Crippen LogP contribution in [0.1, 0.15) is 26.7 Å². The van der Waals surface area contributed by atoms with Gasteiger partial charge in [0.05, 0.1) is 16.8 Å². The summed E-state index contributed by atoms with van der Waals surface area (Å²) in [5, 5.41) is 3.76. The van der Waals surface area contributed by atoms with E-state index in [0.29, 0.717) is 30.2 Å². The Morgan fingerprint density at radius 3 is 2.64 bits per heavy atom. The number of thiazole rings is 1. The van der Waals surface area contributed by atoms with Crippen LogP contribution in [-0.2, 0) is 6.18 Å². The molecule has 28 heavy (non-hydrogen) atoms. The number of piperazine rings is 1. The molecule has 1 saturated heterocycles. The minimum absolute atomic E-state index is 0.0973. The van der Waals surface area contributed by atoms with Gasteiger partial charge in [0, 0.05) is 38.4 Å². The van der Waals surface area contributed by atoms with Crippen LogP contribution in [0.25, 0.3) is 0 Å². The maximum Gasteiger partial charge on any atom is 0.416 e. The Bertz CT molecular complexity index is 800. The number of amides is 1. The standard InChI is InChI=1S/C19H23F3N4OS/c1-14-24-13-17(28-14)18(27)23-6-3-7-25-8-10-26(11-9-25)16-5-2-4-15(12-16)19(20,21)22/h2,4-5,12-13H,3,6-11H2,1H3,(H,23,27). The van der Waals surface area contributed by atoms with Crippen LogP contribution in [0.3, 0.4) is 0 Å². The number of hydrogen-bond acceptors (Lipinski definition) is 5. The number of alkyl halides is 3. The summed E-state index contributed by atoms with van der Waals surface area (Å²) < 4.78 is 38.6. The van der Waals surface area contributed by atoms with Crippen LogP contribution >= 0.6 is 11.3 Å². The van der Waals surface area contributed by atoms with Gasteiger partial charge in [-0.2, -0.15) is 13.2 Å². The molecule has 1 aliphatic heterocycles. The van der Waals surface area contributed by atoms with E-state index in [1.54, 1.807) is 12.3 Å². The molecule has 1 aromatic heterocycles. The van der Waals surface area contributed by atoms with E-state index in [1.165, 1.54) is 23.5 Å². The van der Waals surface area contributed by atoms with E-state index in [1.807, 2.05) is 11.8 Å². The number of rotatable bonds is 6. The van der Waals surface area contributed by atoms with Crippen LogP contribution in [-0.4, -0.2) is 55.1 Å². The Balaban J connectivity index is 1.39. The topological polar surface area (TPSA) is 48.5 Å². The Morgan fingerprint density at radius 2 is 2.00 bits per heavy atom. The van der Waals surface area contributed by atoms with Gasteiger partial charge in [-0.15, -0.1) is 11.3 Å². The zero-order valence-corrected chi connectivity index (χ0v) is 16.4. The minimum Gasteiger partial charge on any atom is -0.369 e. The van der Waals surface area contributed by atoms with Gasteiger partial charge in [0.1, 0.15) is 4.88 Å². The lowest BCUT2D eigenvalue weighted by Crippen LogP contribution is -2.47. The fraction of sp³-hybridized carbons (Fsp3) is 0.474. The van der Waals surface area contributed by atoms with Crippen molar-refractivity contribution in [2.45, 2.75) is 19.5 Å². The van der Waals surface area contributed by atoms with E-state index in [0.717, 1.165) is 37.1 Å². The average Bonchev–Trinajstić information content (AvgIpc) is 3.11. The highest BCUT2D eigenvalue weighted by atomic mass is 32.1. The van der Waals surface area contributed by atoms with Crippen LogP contribution in [0.5, 0.6) is 0 Å². The van der Waals surface area contributed by atoms with Gasteiger partial charge in [-0.3, -0.25) is 9.69 Å². The van der Waals surface area contributed by atoms with Crippen molar-refractivity contribution in [1.82, 2.24) is 15.2 Å². The van der Waals surface area contributed by atoms with E-state index in [-0.39, 0.29) is 5.91 Å². The predicted molar refractivity (Wildman–Crippen MR) is 104 cm³/mol. The highest BCUT2D eigenvalue weighted by Crippen LogP contribution is 2.31. The monoisotopic (exact) mass is 412 g/mol. The zero-order chi connectivity index (χ0) is 20.1. The summed E-state index contributed by atoms with van der Waals surface area (Å²) >= 11 is 1.37. The SMILES string of the molecule is Cc1ncc(C(=O)NCCCN2CCN(c3cccc(C(F)(F)F)c3)CC2)s1. The second-order valence-corrected chi connectivity index (χ2v) is 7.96. The molecule has 9 heteroatoms. The predicted octanol–water partition coefficient (Wildman–Crippen LogP) is 3.41. The third-order valence-electron chi connectivity index (χ3n) is 4.69. The molecule has 2 aromatic rings. The highest BCUT2D eigenvalue weighted by molar-refractivity contribution is 7.13. The summed E-state index contributed by atoms with van der Waals surface area (Å²) in [7, 11) is 0. The fourth-order valence-electron chi connectivity index (χ4n) is 3.17. The Labute approximate surface area is 166 Å². The number of aromatic nitrogens is 1. The Morgan fingerprint density at radius 1 is 1.25 bits per heavy atom. The van der Waals surface area contributed by atoms with Crippen molar-refractivity contribution in [3.63, 3.8) is 0 Å². The molecular formula is C19H23F3N4OS. The fourth-order valence-corrected chi connectivity index (χ4v) is 3.86. The molecule has 0 spiro atoms. The number of anilines is 1. The van der Waals surface area contributed by atoms with Crippen molar-refractivity contribution in [1.29, 1.82) is 0 Å². The molecule has 2 heterocycles. The summed E-state index contributed by atoms with van der Waals surface area (Å²) in [6.07, 6.45) is -1.91. The number of nitrogens with one attached hydrogen (secondary N) is 1. The van der Waals surface area contributed by atoms with Gasteiger partial charge in [-0.1, -0.05) is 6.07 Å². The Hall–Kier alpha value is -2.13. The van der Waals surface area contributed by atoms with E-state index < -0.39 is 11.7 Å². The molecule has 1 amide bonds. The molecule has 0 saturated carbocycles. The first-order chi connectivity index (χ1) is 13.3. The first-order valence-corrected chi connectivity index (χ1v) is 10.00. The van der Waals surface area contributed by atoms with E-state index in [2.05, 4.69) is 15.2 Å². The Kier molecular flexibility index (Phi) is 6.56. The number of aryl methyl sites for hydroxylation is 1. The van der Waals surface area contributed by atoms with Crippen LogP contribution in [0, 0.1) is 6.92 Å². The van der Waals surface area contributed by atoms with Gasteiger partial charge in [0.15, 0.2) is 0 Å². The molecular weight excluding hydrogens is 389 g/mol. The molecule has 1 N–H and O–H groups in total.